The minimum atomic E-state index is -0.292. The molecule has 124 valence electrons. The van der Waals surface area contributed by atoms with Gasteiger partial charge in [-0.3, -0.25) is 4.98 Å². The number of hydrogen-bond donors (Lipinski definition) is 2. The molecule has 0 atom stereocenters. The number of imidazole rings is 1. The maximum absolute atomic E-state index is 11.4. The molecule has 2 heterocycles. The van der Waals surface area contributed by atoms with E-state index in [4.69, 9.17) is 11.6 Å². The van der Waals surface area contributed by atoms with Crippen molar-refractivity contribution in [3.63, 3.8) is 0 Å². The van der Waals surface area contributed by atoms with Crippen LogP contribution in [0.25, 0.3) is 33.5 Å². The molecule has 0 saturated heterocycles. The second-order valence-corrected chi connectivity index (χ2v) is 6.89. The lowest BCUT2D eigenvalue weighted by molar-refractivity contribution is 1.20. The zero-order chi connectivity index (χ0) is 17.4. The van der Waals surface area contributed by atoms with Gasteiger partial charge in [-0.1, -0.05) is 48.0 Å². The van der Waals surface area contributed by atoms with Crippen LogP contribution in [-0.4, -0.2) is 21.2 Å². The van der Waals surface area contributed by atoms with Gasteiger partial charge < -0.3 is 4.98 Å². The fourth-order valence-corrected chi connectivity index (χ4v) is 3.42. The summed E-state index contributed by atoms with van der Waals surface area (Å²) < 4.78 is 0. The van der Waals surface area contributed by atoms with E-state index in [2.05, 4.69) is 45.5 Å². The Kier molecular flexibility index (Phi) is 4.11. The summed E-state index contributed by atoms with van der Waals surface area (Å²) in [5, 5.41) is 0.500. The van der Waals surface area contributed by atoms with E-state index >= 15 is 0 Å². The van der Waals surface area contributed by atoms with Crippen LogP contribution < -0.4 is 5.69 Å². The third kappa shape index (κ3) is 3.08. The Morgan fingerprint density at radius 3 is 2.16 bits per heavy atom. The van der Waals surface area contributed by atoms with Crippen molar-refractivity contribution in [3.05, 3.63) is 70.1 Å². The molecule has 4 nitrogen and oxygen atoms in total. The number of benzene rings is 2. The third-order valence-electron chi connectivity index (χ3n) is 4.04. The lowest BCUT2D eigenvalue weighted by Gasteiger charge is -2.07. The molecule has 2 aromatic heterocycles. The second-order valence-electron chi connectivity index (χ2n) is 5.60. The molecule has 0 amide bonds. The molecular formula is C19H14ClN3OS. The minimum Gasteiger partial charge on any atom is -0.304 e. The molecule has 0 bridgehead atoms. The molecule has 4 aromatic rings. The van der Waals surface area contributed by atoms with Gasteiger partial charge in [0.05, 0.1) is 16.2 Å². The van der Waals surface area contributed by atoms with Gasteiger partial charge in [0.2, 0.25) is 0 Å². The molecule has 6 heteroatoms. The average Bonchev–Trinajstić information content (AvgIpc) is 3.00. The van der Waals surface area contributed by atoms with Crippen LogP contribution in [0.15, 0.2) is 64.3 Å². The number of rotatable bonds is 3. The van der Waals surface area contributed by atoms with Crippen molar-refractivity contribution in [2.24, 2.45) is 0 Å². The van der Waals surface area contributed by atoms with Gasteiger partial charge in [-0.15, -0.1) is 11.8 Å². The van der Waals surface area contributed by atoms with Gasteiger partial charge >= 0.3 is 5.69 Å². The molecule has 0 radical (unpaired) electrons. The second kappa shape index (κ2) is 6.43. The van der Waals surface area contributed by atoms with E-state index in [1.165, 1.54) is 4.90 Å². The van der Waals surface area contributed by atoms with Crippen molar-refractivity contribution in [1.29, 1.82) is 0 Å². The number of hydrogen-bond acceptors (Lipinski definition) is 3. The summed E-state index contributed by atoms with van der Waals surface area (Å²) in [7, 11) is 0. The first kappa shape index (κ1) is 16.0. The third-order valence-corrected chi connectivity index (χ3v) is 5.07. The van der Waals surface area contributed by atoms with E-state index in [0.29, 0.717) is 21.9 Å². The number of nitrogens with zero attached hydrogens (tertiary/aromatic N) is 1. The Morgan fingerprint density at radius 2 is 1.52 bits per heavy atom. The number of aromatic nitrogens is 3. The Labute approximate surface area is 153 Å². The van der Waals surface area contributed by atoms with Crippen molar-refractivity contribution in [2.75, 3.05) is 6.26 Å². The zero-order valence-corrected chi connectivity index (χ0v) is 14.9. The maximum atomic E-state index is 11.4. The van der Waals surface area contributed by atoms with Crippen LogP contribution in [0.2, 0.25) is 5.02 Å². The highest BCUT2D eigenvalue weighted by atomic mass is 35.5. The number of fused-ring (bicyclic) bond motifs is 1. The first-order valence-corrected chi connectivity index (χ1v) is 9.28. The van der Waals surface area contributed by atoms with Crippen molar-refractivity contribution < 1.29 is 0 Å². The lowest BCUT2D eigenvalue weighted by Crippen LogP contribution is -1.99. The normalized spacial score (nSPS) is 11.1. The van der Waals surface area contributed by atoms with Gasteiger partial charge in [0.1, 0.15) is 0 Å². The summed E-state index contributed by atoms with van der Waals surface area (Å²) in [6, 6.07) is 18.2. The minimum absolute atomic E-state index is 0.292. The van der Waals surface area contributed by atoms with E-state index in [1.807, 2.05) is 24.3 Å². The highest BCUT2D eigenvalue weighted by molar-refractivity contribution is 7.98. The first-order chi connectivity index (χ1) is 12.1. The number of H-pyrrole nitrogens is 2. The summed E-state index contributed by atoms with van der Waals surface area (Å²) in [4.78, 5) is 22.4. The summed E-state index contributed by atoms with van der Waals surface area (Å²) in [6.07, 6.45) is 2.06. The zero-order valence-electron chi connectivity index (χ0n) is 13.3. The fraction of sp³-hybridized carbons (Fsp3) is 0.0526. The van der Waals surface area contributed by atoms with E-state index in [1.54, 1.807) is 17.8 Å². The molecule has 0 unspecified atom stereocenters. The predicted molar refractivity (Wildman–Crippen MR) is 104 cm³/mol. The quantitative estimate of drug-likeness (QED) is 0.503. The number of thioether (sulfide) groups is 1. The van der Waals surface area contributed by atoms with Crippen molar-refractivity contribution in [3.8, 4) is 22.4 Å². The van der Waals surface area contributed by atoms with Gasteiger partial charge in [-0.05, 0) is 35.6 Å². The predicted octanol–water partition coefficient (Wildman–Crippen LogP) is 4.96. The van der Waals surface area contributed by atoms with E-state index < -0.39 is 0 Å². The van der Waals surface area contributed by atoms with Crippen LogP contribution in [0.5, 0.6) is 0 Å². The maximum Gasteiger partial charge on any atom is 0.325 e. The molecule has 25 heavy (non-hydrogen) atoms. The monoisotopic (exact) mass is 367 g/mol. The molecule has 0 aliphatic heterocycles. The number of aromatic amines is 2. The Balaban J connectivity index is 1.72. The Hall–Kier alpha value is -2.50. The van der Waals surface area contributed by atoms with Crippen LogP contribution in [0, 0.1) is 0 Å². The molecule has 0 spiro atoms. The summed E-state index contributed by atoms with van der Waals surface area (Å²) in [6.45, 7) is 0. The SMILES string of the molecule is CSc1ccc(-c2ccc(-c3nc4[nH]c(=O)[nH]c4cc3Cl)cc2)cc1. The van der Waals surface area contributed by atoms with E-state index in [9.17, 15) is 4.79 Å². The van der Waals surface area contributed by atoms with Crippen LogP contribution in [0.4, 0.5) is 0 Å². The topological polar surface area (TPSA) is 61.5 Å². The number of halogens is 1. The molecular weight excluding hydrogens is 354 g/mol. The molecule has 4 rings (SSSR count). The number of pyridine rings is 1. The number of nitrogens with one attached hydrogen (secondary N) is 2. The van der Waals surface area contributed by atoms with Crippen LogP contribution in [0.3, 0.4) is 0 Å². The van der Waals surface area contributed by atoms with Crippen molar-refractivity contribution in [2.45, 2.75) is 4.90 Å². The van der Waals surface area contributed by atoms with E-state index in [-0.39, 0.29) is 5.69 Å². The highest BCUT2D eigenvalue weighted by Gasteiger charge is 2.10. The van der Waals surface area contributed by atoms with Crippen LogP contribution >= 0.6 is 23.4 Å². The molecule has 0 fully saturated rings. The Bertz CT molecular complexity index is 1100. The summed E-state index contributed by atoms with van der Waals surface area (Å²) in [5.41, 5.74) is 4.65. The van der Waals surface area contributed by atoms with Crippen LogP contribution in [-0.2, 0) is 0 Å². The summed E-state index contributed by atoms with van der Waals surface area (Å²) >= 11 is 8.06. The van der Waals surface area contributed by atoms with Gasteiger partial charge in [-0.25, -0.2) is 9.78 Å². The fourth-order valence-electron chi connectivity index (χ4n) is 2.75. The smallest absolute Gasteiger partial charge is 0.304 e. The molecule has 2 N–H and O–H groups in total. The molecule has 0 saturated carbocycles. The lowest BCUT2D eigenvalue weighted by atomic mass is 10.0. The highest BCUT2D eigenvalue weighted by Crippen LogP contribution is 2.30. The van der Waals surface area contributed by atoms with Gasteiger partial charge in [0, 0.05) is 10.5 Å². The molecule has 0 aliphatic rings. The molecule has 0 aliphatic carbocycles. The van der Waals surface area contributed by atoms with Gasteiger partial charge in [-0.2, -0.15) is 0 Å². The average molecular weight is 368 g/mol. The standard InChI is InChI=1S/C19H14ClN3OS/c1-25-14-8-6-12(7-9-14)11-2-4-13(5-3-11)17-15(20)10-16-18(22-17)23-19(24)21-16/h2-10H,1H3,(H2,21,22,23,24). The molecule has 2 aromatic carbocycles. The largest absolute Gasteiger partial charge is 0.325 e. The van der Waals surface area contributed by atoms with Crippen LogP contribution in [0.1, 0.15) is 0 Å². The van der Waals surface area contributed by atoms with E-state index in [0.717, 1.165) is 16.7 Å². The van der Waals surface area contributed by atoms with Crippen molar-refractivity contribution in [1.82, 2.24) is 15.0 Å². The van der Waals surface area contributed by atoms with Crippen molar-refractivity contribution >= 4 is 34.5 Å². The first-order valence-electron chi connectivity index (χ1n) is 7.67. The van der Waals surface area contributed by atoms with Gasteiger partial charge in [0.15, 0.2) is 5.65 Å². The Morgan fingerprint density at radius 1 is 0.920 bits per heavy atom. The summed E-state index contributed by atoms with van der Waals surface area (Å²) in [5.74, 6) is 0. The van der Waals surface area contributed by atoms with Gasteiger partial charge in [0.25, 0.3) is 0 Å².